The van der Waals surface area contributed by atoms with Crippen molar-refractivity contribution >= 4 is 23.5 Å². The van der Waals surface area contributed by atoms with E-state index in [1.54, 1.807) is 6.92 Å². The predicted molar refractivity (Wildman–Crippen MR) is 81.9 cm³/mol. The Bertz CT molecular complexity index is 529. The topological polar surface area (TPSA) is 114 Å². The van der Waals surface area contributed by atoms with Gasteiger partial charge in [0.15, 0.2) is 0 Å². The van der Waals surface area contributed by atoms with Crippen LogP contribution in [-0.2, 0) is 19.1 Å². The molecule has 0 radical (unpaired) electrons. The van der Waals surface area contributed by atoms with E-state index in [2.05, 4.69) is 10.6 Å². The second kappa shape index (κ2) is 10.3. The van der Waals surface area contributed by atoms with Gasteiger partial charge in [-0.2, -0.15) is 0 Å². The molecule has 1 aromatic rings. The largest absolute Gasteiger partial charge is 0.462 e. The molecule has 0 aliphatic heterocycles. The Labute approximate surface area is 133 Å². The molecular formula is C15H20N2O6. The summed E-state index contributed by atoms with van der Waals surface area (Å²) < 4.78 is 9.79. The van der Waals surface area contributed by atoms with Crippen LogP contribution in [0.15, 0.2) is 24.3 Å². The lowest BCUT2D eigenvalue weighted by Crippen LogP contribution is -2.37. The zero-order valence-electron chi connectivity index (χ0n) is 12.8. The molecule has 23 heavy (non-hydrogen) atoms. The van der Waals surface area contributed by atoms with Gasteiger partial charge < -0.3 is 25.2 Å². The van der Waals surface area contributed by atoms with Crippen LogP contribution in [0.3, 0.4) is 0 Å². The quantitative estimate of drug-likeness (QED) is 0.350. The highest BCUT2D eigenvalue weighted by Crippen LogP contribution is 2.10. The molecule has 0 bridgehead atoms. The Morgan fingerprint density at radius 2 is 1.78 bits per heavy atom. The molecule has 0 heterocycles. The minimum absolute atomic E-state index is 0.101. The van der Waals surface area contributed by atoms with Gasteiger partial charge >= 0.3 is 17.8 Å². The third-order valence-corrected chi connectivity index (χ3v) is 2.63. The summed E-state index contributed by atoms with van der Waals surface area (Å²) in [5.41, 5.74) is 0.741. The van der Waals surface area contributed by atoms with E-state index in [4.69, 9.17) is 14.6 Å². The first kappa shape index (κ1) is 18.6. The summed E-state index contributed by atoms with van der Waals surface area (Å²) in [5, 5.41) is 13.3. The van der Waals surface area contributed by atoms with E-state index in [0.29, 0.717) is 11.3 Å². The second-order valence-electron chi connectivity index (χ2n) is 4.34. The standard InChI is InChI=1S/C15H20N2O6/c1-2-23-15(21)11-3-5-12(6-4-11)17-14(20)13(19)16-7-9-22-10-8-18/h3-6,18H,2,7-10H2,1H3,(H,16,19)(H,17,20). The average molecular weight is 324 g/mol. The first-order valence-electron chi connectivity index (χ1n) is 7.13. The van der Waals surface area contributed by atoms with E-state index in [1.165, 1.54) is 24.3 Å². The summed E-state index contributed by atoms with van der Waals surface area (Å²) in [6, 6.07) is 5.99. The zero-order valence-corrected chi connectivity index (χ0v) is 12.8. The fourth-order valence-electron chi connectivity index (χ4n) is 1.58. The van der Waals surface area contributed by atoms with E-state index in [0.717, 1.165) is 0 Å². The fraction of sp³-hybridized carbons (Fsp3) is 0.400. The molecule has 0 saturated carbocycles. The molecule has 0 fully saturated rings. The maximum absolute atomic E-state index is 11.7. The van der Waals surface area contributed by atoms with E-state index >= 15 is 0 Å². The number of benzene rings is 1. The Kier molecular flexibility index (Phi) is 8.33. The van der Waals surface area contributed by atoms with Crippen molar-refractivity contribution in [1.82, 2.24) is 5.32 Å². The smallest absolute Gasteiger partial charge is 0.338 e. The number of carbonyl (C=O) groups excluding carboxylic acids is 3. The summed E-state index contributed by atoms with van der Waals surface area (Å²) >= 11 is 0. The van der Waals surface area contributed by atoms with E-state index < -0.39 is 17.8 Å². The van der Waals surface area contributed by atoms with Gasteiger partial charge in [0.25, 0.3) is 0 Å². The summed E-state index contributed by atoms with van der Waals surface area (Å²) in [6.07, 6.45) is 0. The SMILES string of the molecule is CCOC(=O)c1ccc(NC(=O)C(=O)NCCOCCO)cc1. The van der Waals surface area contributed by atoms with Crippen molar-refractivity contribution in [2.24, 2.45) is 0 Å². The van der Waals surface area contributed by atoms with Crippen molar-refractivity contribution in [3.63, 3.8) is 0 Å². The summed E-state index contributed by atoms with van der Waals surface area (Å²) in [6.45, 7) is 2.42. The maximum Gasteiger partial charge on any atom is 0.338 e. The molecule has 0 aromatic heterocycles. The lowest BCUT2D eigenvalue weighted by Gasteiger charge is -2.07. The molecule has 0 aliphatic rings. The number of esters is 1. The number of amides is 2. The zero-order chi connectivity index (χ0) is 17.1. The Morgan fingerprint density at radius 1 is 1.09 bits per heavy atom. The van der Waals surface area contributed by atoms with Crippen LogP contribution in [0.2, 0.25) is 0 Å². The molecule has 8 heteroatoms. The van der Waals surface area contributed by atoms with Crippen molar-refractivity contribution in [3.05, 3.63) is 29.8 Å². The number of hydrogen-bond donors (Lipinski definition) is 3. The lowest BCUT2D eigenvalue weighted by atomic mass is 10.2. The molecule has 0 spiro atoms. The molecule has 126 valence electrons. The fourth-order valence-corrected chi connectivity index (χ4v) is 1.58. The predicted octanol–water partition coefficient (Wildman–Crippen LogP) is -0.0731. The number of rotatable bonds is 8. The van der Waals surface area contributed by atoms with Gasteiger partial charge in [-0.25, -0.2) is 4.79 Å². The van der Waals surface area contributed by atoms with Gasteiger partial charge in [0.05, 0.1) is 32.0 Å². The molecule has 8 nitrogen and oxygen atoms in total. The summed E-state index contributed by atoms with van der Waals surface area (Å²) in [7, 11) is 0. The molecule has 3 N–H and O–H groups in total. The number of aliphatic hydroxyl groups excluding tert-OH is 1. The van der Waals surface area contributed by atoms with E-state index in [1.807, 2.05) is 0 Å². The van der Waals surface area contributed by atoms with Crippen LogP contribution >= 0.6 is 0 Å². The number of ether oxygens (including phenoxy) is 2. The number of hydrogen-bond acceptors (Lipinski definition) is 6. The number of anilines is 1. The maximum atomic E-state index is 11.7. The molecular weight excluding hydrogens is 304 g/mol. The Hall–Kier alpha value is -2.45. The van der Waals surface area contributed by atoms with Crippen LogP contribution in [0.1, 0.15) is 17.3 Å². The van der Waals surface area contributed by atoms with Gasteiger partial charge in [-0.1, -0.05) is 0 Å². The van der Waals surface area contributed by atoms with Gasteiger partial charge in [-0.15, -0.1) is 0 Å². The van der Waals surface area contributed by atoms with E-state index in [9.17, 15) is 14.4 Å². The summed E-state index contributed by atoms with van der Waals surface area (Å²) in [4.78, 5) is 34.7. The van der Waals surface area contributed by atoms with E-state index in [-0.39, 0.29) is 33.0 Å². The van der Waals surface area contributed by atoms with Gasteiger partial charge in [-0.05, 0) is 31.2 Å². The van der Waals surface area contributed by atoms with Crippen LogP contribution in [0.25, 0.3) is 0 Å². The van der Waals surface area contributed by atoms with Crippen molar-refractivity contribution in [2.45, 2.75) is 6.92 Å². The minimum atomic E-state index is -0.823. The lowest BCUT2D eigenvalue weighted by molar-refractivity contribution is -0.136. The molecule has 0 saturated heterocycles. The highest BCUT2D eigenvalue weighted by Gasteiger charge is 2.13. The highest BCUT2D eigenvalue weighted by molar-refractivity contribution is 6.39. The first-order valence-corrected chi connectivity index (χ1v) is 7.13. The van der Waals surface area contributed by atoms with Gasteiger partial charge in [0, 0.05) is 12.2 Å². The van der Waals surface area contributed by atoms with Gasteiger partial charge in [0.1, 0.15) is 0 Å². The molecule has 1 rings (SSSR count). The normalized spacial score (nSPS) is 10.0. The Morgan fingerprint density at radius 3 is 2.39 bits per heavy atom. The van der Waals surface area contributed by atoms with Crippen molar-refractivity contribution in [1.29, 1.82) is 0 Å². The Balaban J connectivity index is 2.41. The van der Waals surface area contributed by atoms with Gasteiger partial charge in [-0.3, -0.25) is 9.59 Å². The third-order valence-electron chi connectivity index (χ3n) is 2.63. The van der Waals surface area contributed by atoms with Crippen LogP contribution in [0, 0.1) is 0 Å². The molecule has 2 amide bonds. The third kappa shape index (κ3) is 6.90. The summed E-state index contributed by atoms with van der Waals surface area (Å²) in [5.74, 6) is -2.07. The minimum Gasteiger partial charge on any atom is -0.462 e. The van der Waals surface area contributed by atoms with Gasteiger partial charge in [0.2, 0.25) is 0 Å². The van der Waals surface area contributed by atoms with Crippen molar-refractivity contribution in [3.8, 4) is 0 Å². The molecule has 0 unspecified atom stereocenters. The second-order valence-corrected chi connectivity index (χ2v) is 4.34. The van der Waals surface area contributed by atoms with Crippen LogP contribution < -0.4 is 10.6 Å². The molecule has 0 aliphatic carbocycles. The number of aliphatic hydroxyl groups is 1. The van der Waals surface area contributed by atoms with Crippen molar-refractivity contribution < 1.29 is 29.0 Å². The number of nitrogens with one attached hydrogen (secondary N) is 2. The first-order chi connectivity index (χ1) is 11.1. The van der Waals surface area contributed by atoms with Crippen molar-refractivity contribution in [2.75, 3.05) is 38.3 Å². The number of carbonyl (C=O) groups is 3. The average Bonchev–Trinajstić information content (AvgIpc) is 2.55. The van der Waals surface area contributed by atoms with Crippen LogP contribution in [0.5, 0.6) is 0 Å². The monoisotopic (exact) mass is 324 g/mol. The molecule has 0 atom stereocenters. The van der Waals surface area contributed by atoms with Crippen LogP contribution in [0.4, 0.5) is 5.69 Å². The highest BCUT2D eigenvalue weighted by atomic mass is 16.5. The molecule has 1 aromatic carbocycles. The van der Waals surface area contributed by atoms with Crippen LogP contribution in [-0.4, -0.2) is 55.9 Å².